The van der Waals surface area contributed by atoms with Crippen LogP contribution >= 0.6 is 15.9 Å². The molecule has 2 rings (SSSR count). The zero-order chi connectivity index (χ0) is 15.4. The van der Waals surface area contributed by atoms with Gasteiger partial charge in [0.1, 0.15) is 5.75 Å². The molecule has 0 amide bonds. The van der Waals surface area contributed by atoms with Crippen LogP contribution in [0.1, 0.15) is 24.1 Å². The van der Waals surface area contributed by atoms with Crippen molar-refractivity contribution in [1.29, 1.82) is 0 Å². The summed E-state index contributed by atoms with van der Waals surface area (Å²) >= 11 is 3.46. The molecule has 0 aliphatic rings. The number of rotatable bonds is 5. The van der Waals surface area contributed by atoms with E-state index in [1.807, 2.05) is 25.1 Å². The summed E-state index contributed by atoms with van der Waals surface area (Å²) in [6.07, 6.45) is 0. The van der Waals surface area contributed by atoms with Gasteiger partial charge in [-0.3, -0.25) is 0 Å². The molecule has 5 heteroatoms. The summed E-state index contributed by atoms with van der Waals surface area (Å²) in [4.78, 5) is 0. The molecular weight excluding hydrogens is 337 g/mol. The van der Waals surface area contributed by atoms with Crippen LogP contribution in [-0.4, -0.2) is 12.2 Å². The third kappa shape index (κ3) is 3.95. The second kappa shape index (κ2) is 6.91. The summed E-state index contributed by atoms with van der Waals surface area (Å²) in [6.45, 7) is 2.55. The summed E-state index contributed by atoms with van der Waals surface area (Å²) in [5.74, 6) is -0.147. The molecule has 0 aromatic heterocycles. The highest BCUT2D eigenvalue weighted by molar-refractivity contribution is 9.10. The molecular formula is C16H17BrFNO2. The Labute approximate surface area is 131 Å². The molecule has 2 N–H and O–H groups in total. The SMILES string of the molecule is COc1ccc(C(C)NCc2ccc(O)c(F)c2)cc1Br. The van der Waals surface area contributed by atoms with E-state index in [-0.39, 0.29) is 11.8 Å². The maximum Gasteiger partial charge on any atom is 0.165 e. The van der Waals surface area contributed by atoms with Crippen molar-refractivity contribution >= 4 is 15.9 Å². The van der Waals surface area contributed by atoms with Crippen molar-refractivity contribution in [3.05, 3.63) is 57.8 Å². The molecule has 0 aliphatic carbocycles. The number of nitrogens with one attached hydrogen (secondary N) is 1. The zero-order valence-electron chi connectivity index (χ0n) is 11.9. The van der Waals surface area contributed by atoms with Crippen molar-refractivity contribution in [1.82, 2.24) is 5.32 Å². The standard InChI is InChI=1S/C16H17BrFNO2/c1-10(12-4-6-16(21-2)13(17)8-12)19-9-11-3-5-15(20)14(18)7-11/h3-8,10,19-20H,9H2,1-2H3. The van der Waals surface area contributed by atoms with Crippen LogP contribution in [-0.2, 0) is 6.54 Å². The summed E-state index contributed by atoms with van der Waals surface area (Å²) in [6, 6.07) is 10.4. The van der Waals surface area contributed by atoms with E-state index in [0.29, 0.717) is 6.54 Å². The van der Waals surface area contributed by atoms with Crippen molar-refractivity contribution in [3.8, 4) is 11.5 Å². The Morgan fingerprint density at radius 3 is 2.67 bits per heavy atom. The Balaban J connectivity index is 2.02. The van der Waals surface area contributed by atoms with E-state index in [0.717, 1.165) is 21.3 Å². The summed E-state index contributed by atoms with van der Waals surface area (Å²) in [7, 11) is 1.63. The van der Waals surface area contributed by atoms with Crippen molar-refractivity contribution in [2.75, 3.05) is 7.11 Å². The van der Waals surface area contributed by atoms with Gasteiger partial charge in [-0.05, 0) is 58.2 Å². The monoisotopic (exact) mass is 353 g/mol. The van der Waals surface area contributed by atoms with E-state index in [4.69, 9.17) is 9.84 Å². The van der Waals surface area contributed by atoms with Gasteiger partial charge in [-0.15, -0.1) is 0 Å². The summed E-state index contributed by atoms with van der Waals surface area (Å²) in [5, 5.41) is 12.5. The molecule has 0 saturated carbocycles. The second-order valence-corrected chi connectivity index (χ2v) is 5.64. The topological polar surface area (TPSA) is 41.5 Å². The van der Waals surface area contributed by atoms with E-state index in [2.05, 4.69) is 21.2 Å². The third-order valence-corrected chi connectivity index (χ3v) is 3.92. The predicted octanol–water partition coefficient (Wildman–Crippen LogP) is 4.15. The van der Waals surface area contributed by atoms with Crippen molar-refractivity contribution in [2.24, 2.45) is 0 Å². The largest absolute Gasteiger partial charge is 0.505 e. The fourth-order valence-corrected chi connectivity index (χ4v) is 2.56. The summed E-state index contributed by atoms with van der Waals surface area (Å²) < 4.78 is 19.4. The average Bonchev–Trinajstić information content (AvgIpc) is 2.48. The lowest BCUT2D eigenvalue weighted by Gasteiger charge is -2.16. The molecule has 1 atom stereocenters. The number of halogens is 2. The molecule has 0 heterocycles. The maximum atomic E-state index is 13.3. The fraction of sp³-hybridized carbons (Fsp3) is 0.250. The number of phenols is 1. The first kappa shape index (κ1) is 15.8. The van der Waals surface area contributed by atoms with Crippen LogP contribution in [0, 0.1) is 5.82 Å². The van der Waals surface area contributed by atoms with Gasteiger partial charge >= 0.3 is 0 Å². The summed E-state index contributed by atoms with van der Waals surface area (Å²) in [5.41, 5.74) is 1.88. The quantitative estimate of drug-likeness (QED) is 0.848. The first-order chi connectivity index (χ1) is 10.0. The molecule has 21 heavy (non-hydrogen) atoms. The lowest BCUT2D eigenvalue weighted by atomic mass is 10.1. The van der Waals surface area contributed by atoms with Crippen molar-refractivity contribution in [3.63, 3.8) is 0 Å². The Hall–Kier alpha value is -1.59. The molecule has 2 aromatic rings. The van der Waals surface area contributed by atoms with Gasteiger partial charge in [0.2, 0.25) is 0 Å². The molecule has 0 fully saturated rings. The molecule has 0 aliphatic heterocycles. The minimum Gasteiger partial charge on any atom is -0.505 e. The molecule has 0 bridgehead atoms. The molecule has 3 nitrogen and oxygen atoms in total. The van der Waals surface area contributed by atoms with Crippen molar-refractivity contribution < 1.29 is 14.2 Å². The van der Waals surface area contributed by atoms with Crippen LogP contribution in [0.2, 0.25) is 0 Å². The lowest BCUT2D eigenvalue weighted by Crippen LogP contribution is -2.18. The highest BCUT2D eigenvalue weighted by atomic mass is 79.9. The Bertz CT molecular complexity index is 634. The smallest absolute Gasteiger partial charge is 0.165 e. The van der Waals surface area contributed by atoms with E-state index in [1.165, 1.54) is 12.1 Å². The molecule has 2 aromatic carbocycles. The first-order valence-electron chi connectivity index (χ1n) is 6.55. The molecule has 0 radical (unpaired) electrons. The van der Waals surface area contributed by atoms with Crippen LogP contribution in [0.25, 0.3) is 0 Å². The van der Waals surface area contributed by atoms with Crippen molar-refractivity contribution in [2.45, 2.75) is 19.5 Å². The molecule has 0 saturated heterocycles. The number of hydrogen-bond acceptors (Lipinski definition) is 3. The van der Waals surface area contributed by atoms with Crippen LogP contribution in [0.15, 0.2) is 40.9 Å². The van der Waals surface area contributed by atoms with Gasteiger partial charge in [-0.25, -0.2) is 4.39 Å². The lowest BCUT2D eigenvalue weighted by molar-refractivity contribution is 0.411. The maximum absolute atomic E-state index is 13.3. The van der Waals surface area contributed by atoms with Gasteiger partial charge in [0.05, 0.1) is 11.6 Å². The van der Waals surface area contributed by atoms with Crippen LogP contribution < -0.4 is 10.1 Å². The van der Waals surface area contributed by atoms with Gasteiger partial charge in [-0.2, -0.15) is 0 Å². The number of aromatic hydroxyl groups is 1. The normalized spacial score (nSPS) is 12.2. The first-order valence-corrected chi connectivity index (χ1v) is 7.34. The number of hydrogen-bond donors (Lipinski definition) is 2. The van der Waals surface area contributed by atoms with Gasteiger partial charge in [0, 0.05) is 12.6 Å². The zero-order valence-corrected chi connectivity index (χ0v) is 13.4. The number of phenolic OH excluding ortho intramolecular Hbond substituents is 1. The number of methoxy groups -OCH3 is 1. The number of ether oxygens (including phenoxy) is 1. The predicted molar refractivity (Wildman–Crippen MR) is 84.0 cm³/mol. The Morgan fingerprint density at radius 1 is 1.29 bits per heavy atom. The van der Waals surface area contributed by atoms with Gasteiger partial charge in [0.25, 0.3) is 0 Å². The number of benzene rings is 2. The minimum absolute atomic E-state index is 0.101. The van der Waals surface area contributed by atoms with Crippen LogP contribution in [0.3, 0.4) is 0 Å². The molecule has 112 valence electrons. The molecule has 1 unspecified atom stereocenters. The van der Waals surface area contributed by atoms with E-state index < -0.39 is 5.82 Å². The van der Waals surface area contributed by atoms with E-state index in [1.54, 1.807) is 13.2 Å². The van der Waals surface area contributed by atoms with Gasteiger partial charge in [-0.1, -0.05) is 12.1 Å². The highest BCUT2D eigenvalue weighted by Gasteiger charge is 2.09. The van der Waals surface area contributed by atoms with Crippen LogP contribution in [0.5, 0.6) is 11.5 Å². The second-order valence-electron chi connectivity index (χ2n) is 4.78. The average molecular weight is 354 g/mol. The minimum atomic E-state index is -0.603. The van der Waals surface area contributed by atoms with Crippen LogP contribution in [0.4, 0.5) is 4.39 Å². The third-order valence-electron chi connectivity index (χ3n) is 3.30. The Kier molecular flexibility index (Phi) is 5.20. The van der Waals surface area contributed by atoms with E-state index >= 15 is 0 Å². The van der Waals surface area contributed by atoms with Gasteiger partial charge in [0.15, 0.2) is 11.6 Å². The van der Waals surface area contributed by atoms with Gasteiger partial charge < -0.3 is 15.2 Å². The molecule has 0 spiro atoms. The fourth-order valence-electron chi connectivity index (χ4n) is 2.00. The highest BCUT2D eigenvalue weighted by Crippen LogP contribution is 2.28. The Morgan fingerprint density at radius 2 is 2.05 bits per heavy atom. The van der Waals surface area contributed by atoms with E-state index in [9.17, 15) is 4.39 Å².